The van der Waals surface area contributed by atoms with Crippen LogP contribution in [0.1, 0.15) is 62.3 Å². The Hall–Kier alpha value is 0.162. The van der Waals surface area contributed by atoms with Gasteiger partial charge >= 0.3 is 7.12 Å². The van der Waals surface area contributed by atoms with E-state index in [9.17, 15) is 0 Å². The molecule has 0 spiro atoms. The van der Waals surface area contributed by atoms with Gasteiger partial charge in [-0.1, -0.05) is 34.6 Å². The van der Waals surface area contributed by atoms with Gasteiger partial charge < -0.3 is 13.7 Å². The highest BCUT2D eigenvalue weighted by Crippen LogP contribution is 2.42. The zero-order chi connectivity index (χ0) is 17.6. The lowest BCUT2D eigenvalue weighted by Crippen LogP contribution is -2.42. The summed E-state index contributed by atoms with van der Waals surface area (Å²) in [5, 5.41) is 0.250. The van der Waals surface area contributed by atoms with Crippen molar-refractivity contribution in [2.75, 3.05) is 6.61 Å². The molecule has 0 amide bonds. The Kier molecular flexibility index (Phi) is 5.72. The molecule has 1 aliphatic rings. The van der Waals surface area contributed by atoms with Crippen molar-refractivity contribution in [2.24, 2.45) is 5.92 Å². The summed E-state index contributed by atoms with van der Waals surface area (Å²) in [5.41, 5.74) is -0.516. The highest BCUT2D eigenvalue weighted by Gasteiger charge is 2.53. The van der Waals surface area contributed by atoms with E-state index in [0.29, 0.717) is 11.7 Å². The largest absolute Gasteiger partial charge is 0.461 e. The monoisotopic (exact) mass is 328 g/mol. The molecule has 1 heterocycles. The van der Waals surface area contributed by atoms with Crippen LogP contribution in [0.4, 0.5) is 0 Å². The fourth-order valence-electron chi connectivity index (χ4n) is 2.08. The molecule has 0 aromatic carbocycles. The van der Waals surface area contributed by atoms with Gasteiger partial charge in [-0.05, 0) is 57.6 Å². The standard InChI is InChI=1S/C17H37BO3Si/c1-13(12-19-22(10,11)15(3,4)5)14(2)18-20-16(6,7)17(8,9)21-18/h13-14H,12H2,1-11H3. The van der Waals surface area contributed by atoms with E-state index in [1.807, 2.05) is 0 Å². The Labute approximate surface area is 139 Å². The second-order valence-corrected chi connectivity index (χ2v) is 14.3. The summed E-state index contributed by atoms with van der Waals surface area (Å²) in [4.78, 5) is 0. The molecule has 0 aliphatic carbocycles. The third-order valence-electron chi connectivity index (χ3n) is 6.11. The minimum atomic E-state index is -1.69. The van der Waals surface area contributed by atoms with Crippen molar-refractivity contribution in [1.82, 2.24) is 0 Å². The van der Waals surface area contributed by atoms with Crippen molar-refractivity contribution >= 4 is 15.4 Å². The van der Waals surface area contributed by atoms with Gasteiger partial charge in [-0.2, -0.15) is 0 Å². The Balaban J connectivity index is 2.63. The highest BCUT2D eigenvalue weighted by atomic mass is 28.4. The normalized spacial score (nSPS) is 24.4. The SMILES string of the molecule is CC(CO[Si](C)(C)C(C)(C)C)C(C)B1OC(C)(C)C(C)(C)O1. The minimum Gasteiger partial charge on any atom is -0.417 e. The fraction of sp³-hybridized carbons (Fsp3) is 1.00. The number of hydrogen-bond donors (Lipinski definition) is 0. The van der Waals surface area contributed by atoms with Gasteiger partial charge in [0, 0.05) is 6.61 Å². The van der Waals surface area contributed by atoms with Gasteiger partial charge in [0.05, 0.1) is 11.2 Å². The van der Waals surface area contributed by atoms with Crippen LogP contribution in [0.15, 0.2) is 0 Å². The van der Waals surface area contributed by atoms with Crippen molar-refractivity contribution in [2.45, 2.75) is 97.5 Å². The summed E-state index contributed by atoms with van der Waals surface area (Å²) in [5.74, 6) is 0.717. The molecule has 5 heteroatoms. The Morgan fingerprint density at radius 3 is 1.77 bits per heavy atom. The second-order valence-electron chi connectivity index (χ2n) is 9.53. The maximum absolute atomic E-state index is 6.37. The molecule has 0 aromatic rings. The van der Waals surface area contributed by atoms with Crippen LogP contribution >= 0.6 is 0 Å². The number of rotatable bonds is 5. The third-order valence-corrected chi connectivity index (χ3v) is 10.6. The maximum atomic E-state index is 6.37. The Bertz CT molecular complexity index is 372. The average Bonchev–Trinajstić information content (AvgIpc) is 2.53. The van der Waals surface area contributed by atoms with Gasteiger partial charge in [0.1, 0.15) is 0 Å². The minimum absolute atomic E-state index is 0.150. The Morgan fingerprint density at radius 2 is 1.41 bits per heavy atom. The third kappa shape index (κ3) is 4.16. The number of hydrogen-bond acceptors (Lipinski definition) is 3. The second kappa shape index (κ2) is 6.23. The molecule has 2 unspecified atom stereocenters. The van der Waals surface area contributed by atoms with Crippen LogP contribution in [0.3, 0.4) is 0 Å². The lowest BCUT2D eigenvalue weighted by molar-refractivity contribution is 0.00578. The quantitative estimate of drug-likeness (QED) is 0.655. The first kappa shape index (κ1) is 20.2. The van der Waals surface area contributed by atoms with Crippen molar-refractivity contribution in [1.29, 1.82) is 0 Å². The molecule has 1 saturated heterocycles. The van der Waals surface area contributed by atoms with Gasteiger partial charge in [-0.25, -0.2) is 0 Å². The smallest absolute Gasteiger partial charge is 0.417 e. The molecule has 1 aliphatic heterocycles. The predicted molar refractivity (Wildman–Crippen MR) is 97.8 cm³/mol. The van der Waals surface area contributed by atoms with E-state index in [0.717, 1.165) is 6.61 Å². The molecular formula is C17H37BO3Si. The van der Waals surface area contributed by atoms with E-state index in [4.69, 9.17) is 13.7 Å². The van der Waals surface area contributed by atoms with Crippen molar-refractivity contribution in [3.63, 3.8) is 0 Å². The predicted octanol–water partition coefficient (Wildman–Crippen LogP) is 5.13. The summed E-state index contributed by atoms with van der Waals surface area (Å²) >= 11 is 0. The summed E-state index contributed by atoms with van der Waals surface area (Å²) in [6, 6.07) is 0. The molecular weight excluding hydrogens is 291 g/mol. The van der Waals surface area contributed by atoms with Gasteiger partial charge in [-0.15, -0.1) is 0 Å². The molecule has 130 valence electrons. The molecule has 3 nitrogen and oxygen atoms in total. The summed E-state index contributed by atoms with van der Waals surface area (Å²) in [7, 11) is -1.84. The van der Waals surface area contributed by atoms with Gasteiger partial charge in [0.2, 0.25) is 0 Å². The van der Waals surface area contributed by atoms with Crippen LogP contribution in [-0.2, 0) is 13.7 Å². The first-order valence-electron chi connectivity index (χ1n) is 8.60. The van der Waals surface area contributed by atoms with E-state index >= 15 is 0 Å². The van der Waals surface area contributed by atoms with E-state index in [1.54, 1.807) is 0 Å². The molecule has 0 aromatic heterocycles. The van der Waals surface area contributed by atoms with Gasteiger partial charge in [-0.3, -0.25) is 0 Å². The molecule has 0 saturated carbocycles. The maximum Gasteiger partial charge on any atom is 0.461 e. The van der Waals surface area contributed by atoms with Gasteiger partial charge in [0.15, 0.2) is 8.32 Å². The van der Waals surface area contributed by atoms with Crippen LogP contribution in [0, 0.1) is 5.92 Å². The van der Waals surface area contributed by atoms with E-state index < -0.39 is 8.32 Å². The van der Waals surface area contributed by atoms with Crippen LogP contribution in [0.5, 0.6) is 0 Å². The van der Waals surface area contributed by atoms with Crippen molar-refractivity contribution in [3.8, 4) is 0 Å². The first-order valence-corrected chi connectivity index (χ1v) is 11.5. The molecule has 22 heavy (non-hydrogen) atoms. The van der Waals surface area contributed by atoms with Crippen LogP contribution in [0.25, 0.3) is 0 Å². The fourth-order valence-corrected chi connectivity index (χ4v) is 3.19. The zero-order valence-corrected chi connectivity index (χ0v) is 17.7. The average molecular weight is 328 g/mol. The van der Waals surface area contributed by atoms with Crippen LogP contribution in [-0.4, -0.2) is 33.2 Å². The van der Waals surface area contributed by atoms with Crippen molar-refractivity contribution < 1.29 is 13.7 Å². The van der Waals surface area contributed by atoms with E-state index in [1.165, 1.54) is 0 Å². The molecule has 0 N–H and O–H groups in total. The first-order chi connectivity index (χ1) is 9.61. The molecule has 0 radical (unpaired) electrons. The van der Waals surface area contributed by atoms with Crippen molar-refractivity contribution in [3.05, 3.63) is 0 Å². The van der Waals surface area contributed by atoms with Gasteiger partial charge in [0.25, 0.3) is 0 Å². The van der Waals surface area contributed by atoms with E-state index in [2.05, 4.69) is 75.4 Å². The molecule has 2 atom stereocenters. The van der Waals surface area contributed by atoms with Crippen LogP contribution in [0.2, 0.25) is 23.9 Å². The highest BCUT2D eigenvalue weighted by molar-refractivity contribution is 6.74. The molecule has 0 bridgehead atoms. The lowest BCUT2D eigenvalue weighted by atomic mass is 9.67. The summed E-state index contributed by atoms with van der Waals surface area (Å²) < 4.78 is 18.7. The molecule has 1 fully saturated rings. The zero-order valence-electron chi connectivity index (χ0n) is 16.7. The van der Waals surface area contributed by atoms with E-state index in [-0.39, 0.29) is 23.4 Å². The Morgan fingerprint density at radius 1 is 1.00 bits per heavy atom. The summed E-state index contributed by atoms with van der Waals surface area (Å²) in [6.45, 7) is 25.1. The molecule has 1 rings (SSSR count). The lowest BCUT2D eigenvalue weighted by Gasteiger charge is -2.37. The summed E-state index contributed by atoms with van der Waals surface area (Å²) in [6.07, 6.45) is 0. The van der Waals surface area contributed by atoms with Crippen LogP contribution < -0.4 is 0 Å². The topological polar surface area (TPSA) is 27.7 Å².